The molecule has 0 aliphatic heterocycles. The molecule has 60 valence electrons. The summed E-state index contributed by atoms with van der Waals surface area (Å²) in [7, 11) is -2.87. The van der Waals surface area contributed by atoms with E-state index < -0.39 is 8.25 Å². The molecular formula is C6H7IO3P+. The highest BCUT2D eigenvalue weighted by Crippen LogP contribution is 2.00. The summed E-state index contributed by atoms with van der Waals surface area (Å²) in [5.74, 6) is 0. The molecule has 0 heterocycles. The van der Waals surface area contributed by atoms with Crippen molar-refractivity contribution in [1.82, 2.24) is 0 Å². The lowest BCUT2D eigenvalue weighted by Crippen LogP contribution is -1.61. The number of rotatable bonds is 0. The third-order valence-electron chi connectivity index (χ3n) is 0.733. The van der Waals surface area contributed by atoms with Gasteiger partial charge in [0.2, 0.25) is 0 Å². The largest absolute Gasteiger partial charge is 0.692 e. The van der Waals surface area contributed by atoms with Gasteiger partial charge in [-0.3, -0.25) is 0 Å². The zero-order valence-electron chi connectivity index (χ0n) is 5.51. The lowest BCUT2D eigenvalue weighted by Gasteiger charge is -1.80. The van der Waals surface area contributed by atoms with Gasteiger partial charge >= 0.3 is 8.25 Å². The fourth-order valence-corrected chi connectivity index (χ4v) is 0.830. The Hall–Kier alpha value is -0.0300. The Morgan fingerprint density at radius 1 is 1.18 bits per heavy atom. The number of hydrogen-bond donors (Lipinski definition) is 2. The summed E-state index contributed by atoms with van der Waals surface area (Å²) in [5.41, 5.74) is 0. The van der Waals surface area contributed by atoms with E-state index in [2.05, 4.69) is 34.7 Å². The number of halogens is 1. The first-order valence-electron chi connectivity index (χ1n) is 2.68. The van der Waals surface area contributed by atoms with Crippen molar-refractivity contribution in [2.45, 2.75) is 0 Å². The minimum atomic E-state index is -2.87. The number of hydrogen-bond acceptors (Lipinski definition) is 1. The normalized spacial score (nSPS) is 7.91. The molecule has 0 saturated carbocycles. The van der Waals surface area contributed by atoms with Crippen molar-refractivity contribution in [3.8, 4) is 0 Å². The molecule has 3 nitrogen and oxygen atoms in total. The highest BCUT2D eigenvalue weighted by molar-refractivity contribution is 14.1. The Balaban J connectivity index is 0.000000218. The van der Waals surface area contributed by atoms with E-state index in [0.717, 1.165) is 0 Å². The number of benzene rings is 1. The van der Waals surface area contributed by atoms with E-state index in [1.54, 1.807) is 0 Å². The van der Waals surface area contributed by atoms with Crippen molar-refractivity contribution in [2.24, 2.45) is 0 Å². The predicted octanol–water partition coefficient (Wildman–Crippen LogP) is 1.92. The summed E-state index contributed by atoms with van der Waals surface area (Å²) >= 11 is 2.28. The van der Waals surface area contributed by atoms with Gasteiger partial charge in [0.05, 0.1) is 0 Å². The van der Waals surface area contributed by atoms with Crippen LogP contribution in [0.25, 0.3) is 0 Å². The van der Waals surface area contributed by atoms with E-state index in [1.165, 1.54) is 3.57 Å². The molecule has 0 aliphatic rings. The maximum Gasteiger partial charge on any atom is 0.692 e. The zero-order valence-corrected chi connectivity index (χ0v) is 8.57. The molecule has 1 rings (SSSR count). The second-order valence-electron chi connectivity index (χ2n) is 1.55. The highest BCUT2D eigenvalue weighted by atomic mass is 127. The van der Waals surface area contributed by atoms with Crippen molar-refractivity contribution in [3.63, 3.8) is 0 Å². The van der Waals surface area contributed by atoms with Crippen molar-refractivity contribution in [3.05, 3.63) is 33.9 Å². The molecule has 0 aromatic heterocycles. The molecule has 0 radical (unpaired) electrons. The molecule has 0 spiro atoms. The molecule has 0 fully saturated rings. The van der Waals surface area contributed by atoms with Gasteiger partial charge in [-0.25, -0.2) is 0 Å². The SMILES string of the molecule is Ic1ccccc1.O=[P+](O)O. The molecule has 0 amide bonds. The zero-order chi connectivity index (χ0) is 8.69. The van der Waals surface area contributed by atoms with Crippen LogP contribution in [0.2, 0.25) is 0 Å². The second-order valence-corrected chi connectivity index (χ2v) is 3.30. The first-order valence-corrected chi connectivity index (χ1v) is 4.93. The van der Waals surface area contributed by atoms with Crippen molar-refractivity contribution in [2.75, 3.05) is 0 Å². The lowest BCUT2D eigenvalue weighted by molar-refractivity contribution is 0.405. The summed E-state index contributed by atoms with van der Waals surface area (Å²) < 4.78 is 10.00. The average Bonchev–Trinajstić information content (AvgIpc) is 1.87. The molecule has 11 heavy (non-hydrogen) atoms. The topological polar surface area (TPSA) is 57.5 Å². The van der Waals surface area contributed by atoms with E-state index in [0.29, 0.717) is 0 Å². The van der Waals surface area contributed by atoms with Gasteiger partial charge in [0.15, 0.2) is 0 Å². The maximum absolute atomic E-state index is 8.70. The van der Waals surface area contributed by atoms with E-state index in [1.807, 2.05) is 18.2 Å². The summed E-state index contributed by atoms with van der Waals surface area (Å²) in [4.78, 5) is 14.2. The Morgan fingerprint density at radius 3 is 1.73 bits per heavy atom. The molecule has 0 aliphatic carbocycles. The van der Waals surface area contributed by atoms with Gasteiger partial charge in [0.25, 0.3) is 0 Å². The van der Waals surface area contributed by atoms with Gasteiger partial charge in [-0.15, -0.1) is 9.79 Å². The van der Waals surface area contributed by atoms with Gasteiger partial charge < -0.3 is 0 Å². The smallest absolute Gasteiger partial charge is 0.134 e. The monoisotopic (exact) mass is 285 g/mol. The molecule has 0 unspecified atom stereocenters. The van der Waals surface area contributed by atoms with Crippen LogP contribution >= 0.6 is 30.8 Å². The molecule has 0 saturated heterocycles. The Morgan fingerprint density at radius 2 is 1.55 bits per heavy atom. The van der Waals surface area contributed by atoms with E-state index in [9.17, 15) is 0 Å². The van der Waals surface area contributed by atoms with Crippen LogP contribution < -0.4 is 0 Å². The average molecular weight is 285 g/mol. The Kier molecular flexibility index (Phi) is 6.65. The third-order valence-corrected chi connectivity index (χ3v) is 1.45. The van der Waals surface area contributed by atoms with E-state index in [-0.39, 0.29) is 0 Å². The summed E-state index contributed by atoms with van der Waals surface area (Å²) in [5, 5.41) is 0. The van der Waals surface area contributed by atoms with Crippen LogP contribution in [-0.2, 0) is 4.57 Å². The molecule has 0 bridgehead atoms. The van der Waals surface area contributed by atoms with Crippen LogP contribution in [0.1, 0.15) is 0 Å². The minimum Gasteiger partial charge on any atom is -0.134 e. The van der Waals surface area contributed by atoms with Gasteiger partial charge in [0, 0.05) is 8.14 Å². The van der Waals surface area contributed by atoms with Crippen molar-refractivity contribution >= 4 is 30.8 Å². The van der Waals surface area contributed by atoms with Gasteiger partial charge in [-0.2, -0.15) is 0 Å². The highest BCUT2D eigenvalue weighted by Gasteiger charge is 1.93. The molecule has 5 heteroatoms. The van der Waals surface area contributed by atoms with Crippen LogP contribution in [0.3, 0.4) is 0 Å². The van der Waals surface area contributed by atoms with Gasteiger partial charge in [0.1, 0.15) is 0 Å². The standard InChI is InChI=1S/C6H5I.HO3P/c7-6-4-2-1-3-5-6;1-4(2)3/h1-5H;(H-,1,2,3)/p+1. The minimum absolute atomic E-state index is 1.29. The Labute approximate surface area is 79.2 Å². The Bertz CT molecular complexity index is 210. The second kappa shape index (κ2) is 6.67. The first kappa shape index (κ1) is 11.0. The summed E-state index contributed by atoms with van der Waals surface area (Å²) in [6.07, 6.45) is 0. The van der Waals surface area contributed by atoms with Crippen LogP contribution in [0.5, 0.6) is 0 Å². The van der Waals surface area contributed by atoms with Gasteiger partial charge in [-0.1, -0.05) is 18.2 Å². The summed E-state index contributed by atoms with van der Waals surface area (Å²) in [6, 6.07) is 10.2. The van der Waals surface area contributed by atoms with Crippen LogP contribution in [0, 0.1) is 3.57 Å². The van der Waals surface area contributed by atoms with Crippen molar-refractivity contribution < 1.29 is 14.4 Å². The first-order chi connectivity index (χ1) is 5.13. The van der Waals surface area contributed by atoms with Crippen LogP contribution in [0.15, 0.2) is 30.3 Å². The van der Waals surface area contributed by atoms with Crippen molar-refractivity contribution in [1.29, 1.82) is 0 Å². The molecule has 2 N–H and O–H groups in total. The quantitative estimate of drug-likeness (QED) is 0.565. The van der Waals surface area contributed by atoms with E-state index in [4.69, 9.17) is 14.4 Å². The van der Waals surface area contributed by atoms with Gasteiger partial charge in [-0.05, 0) is 34.7 Å². The molecule has 1 aromatic rings. The lowest BCUT2D eigenvalue weighted by atomic mass is 10.4. The molecular weight excluding hydrogens is 278 g/mol. The van der Waals surface area contributed by atoms with Crippen LogP contribution in [-0.4, -0.2) is 9.79 Å². The third kappa shape index (κ3) is 9.97. The maximum atomic E-state index is 8.70. The fourth-order valence-electron chi connectivity index (χ4n) is 0.415. The van der Waals surface area contributed by atoms with Crippen LogP contribution in [0.4, 0.5) is 0 Å². The van der Waals surface area contributed by atoms with E-state index >= 15 is 0 Å². The molecule has 1 aromatic carbocycles. The summed E-state index contributed by atoms with van der Waals surface area (Å²) in [6.45, 7) is 0. The molecule has 0 atom stereocenters. The predicted molar refractivity (Wildman–Crippen MR) is 51.2 cm³/mol. The fraction of sp³-hybridized carbons (Fsp3) is 0.